The number of nitrogens with zero attached hydrogens (tertiary/aromatic N) is 2. The predicted octanol–water partition coefficient (Wildman–Crippen LogP) is 1.67. The molecule has 1 heterocycles. The number of carbonyl (C=O) groups is 2. The molecule has 2 rings (SSSR count). The summed E-state index contributed by atoms with van der Waals surface area (Å²) in [5, 5.41) is 0. The second-order valence-electron chi connectivity index (χ2n) is 5.25. The average molecular weight is 306 g/mol. The molecule has 0 aromatic heterocycles. The number of hydrogen-bond donors (Lipinski definition) is 0. The van der Waals surface area contributed by atoms with Crippen LogP contribution in [-0.4, -0.2) is 61.7 Å². The van der Waals surface area contributed by atoms with Crippen molar-refractivity contribution in [2.24, 2.45) is 0 Å². The lowest BCUT2D eigenvalue weighted by Crippen LogP contribution is -2.39. The minimum absolute atomic E-state index is 0.0169. The number of ether oxygens (including phenoxy) is 2. The molecule has 1 fully saturated rings. The number of carbonyl (C=O) groups excluding carboxylic acids is 2. The molecule has 0 unspecified atom stereocenters. The Hall–Kier alpha value is -2.24. The van der Waals surface area contributed by atoms with Gasteiger partial charge in [-0.15, -0.1) is 0 Å². The molecule has 0 atom stereocenters. The molecule has 6 nitrogen and oxygen atoms in total. The highest BCUT2D eigenvalue weighted by Crippen LogP contribution is 2.16. The third-order valence-corrected chi connectivity index (χ3v) is 3.73. The van der Waals surface area contributed by atoms with E-state index in [4.69, 9.17) is 9.47 Å². The highest BCUT2D eigenvalue weighted by atomic mass is 16.5. The van der Waals surface area contributed by atoms with Gasteiger partial charge in [-0.2, -0.15) is 0 Å². The summed E-state index contributed by atoms with van der Waals surface area (Å²) in [6, 6.07) is 7.61. The van der Waals surface area contributed by atoms with Crippen molar-refractivity contribution in [1.82, 2.24) is 9.80 Å². The van der Waals surface area contributed by atoms with Crippen molar-refractivity contribution in [3.63, 3.8) is 0 Å². The molecule has 0 bridgehead atoms. The Labute approximate surface area is 130 Å². The minimum atomic E-state index is -0.342. The summed E-state index contributed by atoms with van der Waals surface area (Å²) in [5.41, 5.74) is 1.00. The van der Waals surface area contributed by atoms with E-state index in [0.717, 1.165) is 17.7 Å². The lowest BCUT2D eigenvalue weighted by Gasteiger charge is -2.21. The quantitative estimate of drug-likeness (QED) is 0.852. The van der Waals surface area contributed by atoms with Crippen LogP contribution in [0.1, 0.15) is 12.0 Å². The molecule has 6 heteroatoms. The molecule has 22 heavy (non-hydrogen) atoms. The van der Waals surface area contributed by atoms with Gasteiger partial charge in [-0.25, -0.2) is 4.79 Å². The highest BCUT2D eigenvalue weighted by Gasteiger charge is 2.22. The summed E-state index contributed by atoms with van der Waals surface area (Å²) in [6.45, 7) is 4.19. The van der Waals surface area contributed by atoms with E-state index in [-0.39, 0.29) is 18.6 Å². The van der Waals surface area contributed by atoms with E-state index < -0.39 is 0 Å². The first kappa shape index (κ1) is 16.1. The van der Waals surface area contributed by atoms with Gasteiger partial charge in [0.1, 0.15) is 5.75 Å². The molecule has 0 N–H and O–H groups in total. The highest BCUT2D eigenvalue weighted by molar-refractivity contribution is 5.78. The van der Waals surface area contributed by atoms with Crippen LogP contribution in [0.3, 0.4) is 0 Å². The van der Waals surface area contributed by atoms with Crippen LogP contribution in [0.25, 0.3) is 0 Å². The van der Waals surface area contributed by atoms with Gasteiger partial charge < -0.3 is 19.3 Å². The number of rotatable bonds is 3. The van der Waals surface area contributed by atoms with Gasteiger partial charge in [0, 0.05) is 26.2 Å². The normalized spacial score (nSPS) is 15.2. The first-order chi connectivity index (χ1) is 10.6. The molecule has 0 radical (unpaired) electrons. The van der Waals surface area contributed by atoms with Crippen LogP contribution in [0, 0.1) is 6.92 Å². The van der Waals surface area contributed by atoms with E-state index >= 15 is 0 Å². The Kier molecular flexibility index (Phi) is 5.63. The van der Waals surface area contributed by atoms with Gasteiger partial charge in [0.25, 0.3) is 5.91 Å². The number of methoxy groups -OCH3 is 1. The molecule has 120 valence electrons. The van der Waals surface area contributed by atoms with Crippen molar-refractivity contribution in [1.29, 1.82) is 0 Å². The van der Waals surface area contributed by atoms with Crippen LogP contribution < -0.4 is 4.74 Å². The number of benzene rings is 1. The molecule has 1 saturated heterocycles. The van der Waals surface area contributed by atoms with Gasteiger partial charge in [-0.05, 0) is 25.0 Å². The molecule has 1 aromatic carbocycles. The van der Waals surface area contributed by atoms with Crippen LogP contribution in [0.4, 0.5) is 4.79 Å². The topological polar surface area (TPSA) is 59.1 Å². The zero-order chi connectivity index (χ0) is 15.9. The van der Waals surface area contributed by atoms with Crippen LogP contribution in [0.5, 0.6) is 5.75 Å². The largest absolute Gasteiger partial charge is 0.484 e. The second-order valence-corrected chi connectivity index (χ2v) is 5.25. The lowest BCUT2D eigenvalue weighted by atomic mass is 10.2. The smallest absolute Gasteiger partial charge is 0.409 e. The van der Waals surface area contributed by atoms with Crippen LogP contribution in [0.2, 0.25) is 0 Å². The summed E-state index contributed by atoms with van der Waals surface area (Å²) >= 11 is 0. The Bertz CT molecular complexity index is 533. The molecule has 1 aliphatic heterocycles. The summed E-state index contributed by atoms with van der Waals surface area (Å²) < 4.78 is 10.3. The SMILES string of the molecule is COC(=O)N1CCCN(C(=O)COc2ccccc2C)CC1. The van der Waals surface area contributed by atoms with E-state index in [2.05, 4.69) is 0 Å². The fourth-order valence-electron chi connectivity index (χ4n) is 2.43. The van der Waals surface area contributed by atoms with Gasteiger partial charge in [-0.3, -0.25) is 4.79 Å². The summed E-state index contributed by atoms with van der Waals surface area (Å²) in [4.78, 5) is 27.1. The Balaban J connectivity index is 1.85. The number of para-hydroxylation sites is 1. The molecule has 1 aliphatic rings. The number of amides is 2. The molecule has 2 amide bonds. The second kappa shape index (κ2) is 7.68. The maximum Gasteiger partial charge on any atom is 0.409 e. The van der Waals surface area contributed by atoms with E-state index in [1.807, 2.05) is 31.2 Å². The third kappa shape index (κ3) is 4.13. The maximum absolute atomic E-state index is 12.2. The van der Waals surface area contributed by atoms with Gasteiger partial charge in [0.2, 0.25) is 0 Å². The van der Waals surface area contributed by atoms with Crippen molar-refractivity contribution < 1.29 is 19.1 Å². The first-order valence-corrected chi connectivity index (χ1v) is 7.41. The van der Waals surface area contributed by atoms with Crippen molar-refractivity contribution in [2.75, 3.05) is 39.9 Å². The van der Waals surface area contributed by atoms with E-state index in [0.29, 0.717) is 26.2 Å². The van der Waals surface area contributed by atoms with Gasteiger partial charge in [0.05, 0.1) is 7.11 Å². The number of aryl methyl sites for hydroxylation is 1. The third-order valence-electron chi connectivity index (χ3n) is 3.73. The lowest BCUT2D eigenvalue weighted by molar-refractivity contribution is -0.133. The fourth-order valence-corrected chi connectivity index (χ4v) is 2.43. The predicted molar refractivity (Wildman–Crippen MR) is 81.8 cm³/mol. The number of hydrogen-bond acceptors (Lipinski definition) is 4. The van der Waals surface area contributed by atoms with Crippen LogP contribution in [-0.2, 0) is 9.53 Å². The minimum Gasteiger partial charge on any atom is -0.484 e. The van der Waals surface area contributed by atoms with Gasteiger partial charge in [0.15, 0.2) is 6.61 Å². The maximum atomic E-state index is 12.2. The monoisotopic (exact) mass is 306 g/mol. The summed E-state index contributed by atoms with van der Waals surface area (Å²) in [5.74, 6) is 0.664. The molecular formula is C16H22N2O4. The molecule has 1 aromatic rings. The summed E-state index contributed by atoms with van der Waals surface area (Å²) in [7, 11) is 1.37. The average Bonchev–Trinajstić information content (AvgIpc) is 2.79. The summed E-state index contributed by atoms with van der Waals surface area (Å²) in [6.07, 6.45) is 0.399. The van der Waals surface area contributed by atoms with E-state index in [9.17, 15) is 9.59 Å². The molecular weight excluding hydrogens is 284 g/mol. The van der Waals surface area contributed by atoms with E-state index in [1.165, 1.54) is 7.11 Å². The van der Waals surface area contributed by atoms with Crippen molar-refractivity contribution in [3.05, 3.63) is 29.8 Å². The Morgan fingerprint density at radius 3 is 2.50 bits per heavy atom. The van der Waals surface area contributed by atoms with Crippen molar-refractivity contribution >= 4 is 12.0 Å². The van der Waals surface area contributed by atoms with Crippen LogP contribution >= 0.6 is 0 Å². The zero-order valence-corrected chi connectivity index (χ0v) is 13.1. The van der Waals surface area contributed by atoms with Crippen molar-refractivity contribution in [2.45, 2.75) is 13.3 Å². The fraction of sp³-hybridized carbons (Fsp3) is 0.500. The molecule has 0 aliphatic carbocycles. The molecule has 0 saturated carbocycles. The standard InChI is InChI=1S/C16H22N2O4/c1-13-6-3-4-7-14(13)22-12-15(19)17-8-5-9-18(11-10-17)16(20)21-2/h3-4,6-7H,5,8-12H2,1-2H3. The Morgan fingerprint density at radius 1 is 1.09 bits per heavy atom. The zero-order valence-electron chi connectivity index (χ0n) is 13.1. The van der Waals surface area contributed by atoms with E-state index in [1.54, 1.807) is 9.80 Å². The molecule has 0 spiro atoms. The van der Waals surface area contributed by atoms with Gasteiger partial charge >= 0.3 is 6.09 Å². The van der Waals surface area contributed by atoms with Crippen molar-refractivity contribution in [3.8, 4) is 5.75 Å². The first-order valence-electron chi connectivity index (χ1n) is 7.41. The van der Waals surface area contributed by atoms with Crippen LogP contribution in [0.15, 0.2) is 24.3 Å². The van der Waals surface area contributed by atoms with Gasteiger partial charge in [-0.1, -0.05) is 18.2 Å². The Morgan fingerprint density at radius 2 is 1.77 bits per heavy atom.